The van der Waals surface area contributed by atoms with Gasteiger partial charge < -0.3 is 10.4 Å². The summed E-state index contributed by atoms with van der Waals surface area (Å²) in [5.74, 6) is -1.98. The number of alkyl halides is 3. The smallest absolute Gasteiger partial charge is 0.433 e. The van der Waals surface area contributed by atoms with Crippen molar-refractivity contribution in [1.82, 2.24) is 15.5 Å². The Kier molecular flexibility index (Phi) is 4.29. The lowest BCUT2D eigenvalue weighted by molar-refractivity contribution is -0.141. The molecular formula is C9H10F3N3O3. The Hall–Kier alpha value is -2.06. The fourth-order valence-electron chi connectivity index (χ4n) is 1.21. The number of hydrogen-bond acceptors (Lipinski definition) is 3. The van der Waals surface area contributed by atoms with Gasteiger partial charge in [0, 0.05) is 13.0 Å². The van der Waals surface area contributed by atoms with E-state index in [1.54, 1.807) is 5.10 Å². The first-order valence-electron chi connectivity index (χ1n) is 4.93. The zero-order valence-electron chi connectivity index (χ0n) is 9.04. The highest BCUT2D eigenvalue weighted by Gasteiger charge is 2.37. The van der Waals surface area contributed by atoms with Crippen LogP contribution in [0.3, 0.4) is 0 Å². The van der Waals surface area contributed by atoms with Gasteiger partial charge in [0.15, 0.2) is 5.69 Å². The van der Waals surface area contributed by atoms with Crippen LogP contribution in [-0.2, 0) is 11.0 Å². The molecule has 3 N–H and O–H groups in total. The minimum Gasteiger partial charge on any atom is -0.481 e. The van der Waals surface area contributed by atoms with Gasteiger partial charge in [-0.05, 0) is 6.42 Å². The molecule has 1 aromatic heterocycles. The van der Waals surface area contributed by atoms with E-state index in [0.717, 1.165) is 6.20 Å². The Morgan fingerprint density at radius 2 is 2.11 bits per heavy atom. The number of halogens is 3. The number of nitrogens with one attached hydrogen (secondary N) is 2. The predicted octanol–water partition coefficient (Wildman–Crippen LogP) is 1.02. The SMILES string of the molecule is O=C(O)CCCNC(=O)c1cn[nH]c1C(F)(F)F. The van der Waals surface area contributed by atoms with Crippen LogP contribution in [-0.4, -0.2) is 33.7 Å². The van der Waals surface area contributed by atoms with Crippen molar-refractivity contribution in [2.24, 2.45) is 0 Å². The summed E-state index contributed by atoms with van der Waals surface area (Å²) in [6.45, 7) is -0.0202. The average Bonchev–Trinajstić information content (AvgIpc) is 2.72. The second kappa shape index (κ2) is 5.52. The van der Waals surface area contributed by atoms with Gasteiger partial charge in [-0.2, -0.15) is 18.3 Å². The number of carboxylic acids is 1. The predicted molar refractivity (Wildman–Crippen MR) is 52.8 cm³/mol. The molecule has 100 valence electrons. The molecule has 0 radical (unpaired) electrons. The molecule has 9 heteroatoms. The molecule has 0 fully saturated rings. The summed E-state index contributed by atoms with van der Waals surface area (Å²) in [6, 6.07) is 0. The molecule has 1 rings (SSSR count). The lowest BCUT2D eigenvalue weighted by Gasteiger charge is -2.07. The van der Waals surface area contributed by atoms with Crippen molar-refractivity contribution >= 4 is 11.9 Å². The van der Waals surface area contributed by atoms with Crippen molar-refractivity contribution in [1.29, 1.82) is 0 Å². The number of amides is 1. The summed E-state index contributed by atoms with van der Waals surface area (Å²) in [4.78, 5) is 21.6. The Morgan fingerprint density at radius 3 is 2.67 bits per heavy atom. The first-order chi connectivity index (χ1) is 8.32. The number of carbonyl (C=O) groups is 2. The maximum absolute atomic E-state index is 12.4. The van der Waals surface area contributed by atoms with Gasteiger partial charge >= 0.3 is 12.1 Å². The van der Waals surface area contributed by atoms with Gasteiger partial charge in [0.05, 0.1) is 11.8 Å². The standard InChI is InChI=1S/C9H10F3N3O3/c10-9(11,12)7-5(4-14-15-7)8(18)13-3-1-2-6(16)17/h4H,1-3H2,(H,13,18)(H,14,15)(H,16,17). The van der Waals surface area contributed by atoms with Crippen molar-refractivity contribution in [3.63, 3.8) is 0 Å². The van der Waals surface area contributed by atoms with E-state index in [9.17, 15) is 22.8 Å². The Bertz CT molecular complexity index is 442. The molecule has 0 atom stereocenters. The maximum Gasteiger partial charge on any atom is 0.433 e. The molecular weight excluding hydrogens is 255 g/mol. The topological polar surface area (TPSA) is 95.1 Å². The molecule has 0 aliphatic heterocycles. The fourth-order valence-corrected chi connectivity index (χ4v) is 1.21. The molecule has 0 spiro atoms. The van der Waals surface area contributed by atoms with Crippen LogP contribution >= 0.6 is 0 Å². The molecule has 0 unspecified atom stereocenters. The number of nitrogens with zero attached hydrogens (tertiary/aromatic N) is 1. The van der Waals surface area contributed by atoms with Crippen LogP contribution in [0.1, 0.15) is 28.9 Å². The highest BCUT2D eigenvalue weighted by Crippen LogP contribution is 2.29. The van der Waals surface area contributed by atoms with E-state index in [2.05, 4.69) is 10.4 Å². The third kappa shape index (κ3) is 3.75. The highest BCUT2D eigenvalue weighted by atomic mass is 19.4. The number of aromatic nitrogens is 2. The summed E-state index contributed by atoms with van der Waals surface area (Å²) in [6.07, 6.45) is -3.95. The number of H-pyrrole nitrogens is 1. The van der Waals surface area contributed by atoms with E-state index in [4.69, 9.17) is 5.11 Å². The third-order valence-corrected chi connectivity index (χ3v) is 2.02. The van der Waals surface area contributed by atoms with Crippen molar-refractivity contribution in [3.05, 3.63) is 17.5 Å². The van der Waals surface area contributed by atoms with Gasteiger partial charge in [-0.15, -0.1) is 0 Å². The molecule has 18 heavy (non-hydrogen) atoms. The maximum atomic E-state index is 12.4. The van der Waals surface area contributed by atoms with E-state index in [0.29, 0.717) is 0 Å². The summed E-state index contributed by atoms with van der Waals surface area (Å²) >= 11 is 0. The minimum atomic E-state index is -4.69. The van der Waals surface area contributed by atoms with Crippen molar-refractivity contribution < 1.29 is 27.9 Å². The molecule has 0 saturated heterocycles. The van der Waals surface area contributed by atoms with Gasteiger partial charge in [0.25, 0.3) is 5.91 Å². The van der Waals surface area contributed by atoms with E-state index < -0.39 is 29.3 Å². The number of rotatable bonds is 5. The summed E-state index contributed by atoms with van der Waals surface area (Å²) in [7, 11) is 0. The summed E-state index contributed by atoms with van der Waals surface area (Å²) < 4.78 is 37.2. The summed E-state index contributed by atoms with van der Waals surface area (Å²) in [5.41, 5.74) is -1.84. The third-order valence-electron chi connectivity index (χ3n) is 2.02. The molecule has 0 aliphatic carbocycles. The van der Waals surface area contributed by atoms with E-state index in [-0.39, 0.29) is 19.4 Å². The van der Waals surface area contributed by atoms with Crippen LogP contribution in [0.2, 0.25) is 0 Å². The van der Waals surface area contributed by atoms with E-state index in [1.165, 1.54) is 0 Å². The number of carbonyl (C=O) groups excluding carboxylic acids is 1. The van der Waals surface area contributed by atoms with Crippen molar-refractivity contribution in [3.8, 4) is 0 Å². The summed E-state index contributed by atoms with van der Waals surface area (Å²) in [5, 5.41) is 15.4. The van der Waals surface area contributed by atoms with E-state index in [1.807, 2.05) is 0 Å². The van der Waals surface area contributed by atoms with Gasteiger partial charge in [0.1, 0.15) is 0 Å². The zero-order chi connectivity index (χ0) is 13.8. The van der Waals surface area contributed by atoms with Crippen LogP contribution in [0.15, 0.2) is 6.20 Å². The number of carboxylic acid groups (broad SMARTS) is 1. The lowest BCUT2D eigenvalue weighted by Crippen LogP contribution is -2.26. The Labute approximate surface area is 99.2 Å². The average molecular weight is 265 g/mol. The van der Waals surface area contributed by atoms with Crippen molar-refractivity contribution in [2.75, 3.05) is 6.54 Å². The second-order valence-electron chi connectivity index (χ2n) is 3.41. The van der Waals surface area contributed by atoms with Gasteiger partial charge in [-0.1, -0.05) is 0 Å². The molecule has 6 nitrogen and oxygen atoms in total. The monoisotopic (exact) mass is 265 g/mol. The number of aromatic amines is 1. The molecule has 1 amide bonds. The fraction of sp³-hybridized carbons (Fsp3) is 0.444. The van der Waals surface area contributed by atoms with Crippen molar-refractivity contribution in [2.45, 2.75) is 19.0 Å². The largest absolute Gasteiger partial charge is 0.481 e. The van der Waals surface area contributed by atoms with Gasteiger partial charge in [-0.3, -0.25) is 14.7 Å². The number of aliphatic carboxylic acids is 1. The van der Waals surface area contributed by atoms with Gasteiger partial charge in [0.2, 0.25) is 0 Å². The van der Waals surface area contributed by atoms with Crippen LogP contribution in [0.5, 0.6) is 0 Å². The molecule has 0 aromatic carbocycles. The molecule has 1 aromatic rings. The first kappa shape index (κ1) is 14.0. The highest BCUT2D eigenvalue weighted by molar-refractivity contribution is 5.95. The van der Waals surface area contributed by atoms with E-state index >= 15 is 0 Å². The molecule has 0 saturated carbocycles. The Balaban J connectivity index is 2.57. The first-order valence-corrected chi connectivity index (χ1v) is 4.93. The van der Waals surface area contributed by atoms with Crippen LogP contribution < -0.4 is 5.32 Å². The zero-order valence-corrected chi connectivity index (χ0v) is 9.04. The van der Waals surface area contributed by atoms with Crippen LogP contribution in [0, 0.1) is 0 Å². The van der Waals surface area contributed by atoms with Crippen LogP contribution in [0.25, 0.3) is 0 Å². The number of hydrogen-bond donors (Lipinski definition) is 3. The lowest BCUT2D eigenvalue weighted by atomic mass is 10.2. The van der Waals surface area contributed by atoms with Gasteiger partial charge in [-0.25, -0.2) is 0 Å². The minimum absolute atomic E-state index is 0.0202. The molecule has 0 aliphatic rings. The molecule has 0 bridgehead atoms. The quantitative estimate of drug-likeness (QED) is 0.693. The Morgan fingerprint density at radius 1 is 1.44 bits per heavy atom. The molecule has 1 heterocycles. The normalized spacial score (nSPS) is 11.3. The van der Waals surface area contributed by atoms with Crippen LogP contribution in [0.4, 0.5) is 13.2 Å². The second-order valence-corrected chi connectivity index (χ2v) is 3.41.